The summed E-state index contributed by atoms with van der Waals surface area (Å²) >= 11 is 0. The minimum atomic E-state index is -1.77. The van der Waals surface area contributed by atoms with Crippen LogP contribution in [0.4, 0.5) is 13.6 Å². The van der Waals surface area contributed by atoms with Crippen LogP contribution in [0.25, 0.3) is 11.4 Å². The number of halogens is 2. The lowest BCUT2D eigenvalue weighted by Gasteiger charge is -2.22. The van der Waals surface area contributed by atoms with Gasteiger partial charge in [0, 0.05) is 5.56 Å². The number of benzene rings is 2. The molecular weight excluding hydrogens is 410 g/mol. The molecule has 8 nitrogen and oxygen atoms in total. The maximum absolute atomic E-state index is 14.3. The van der Waals surface area contributed by atoms with Crippen molar-refractivity contribution in [3.05, 3.63) is 65.6 Å². The zero-order valence-electron chi connectivity index (χ0n) is 16.7. The molecule has 0 radical (unpaired) electrons. The second-order valence-corrected chi connectivity index (χ2v) is 7.01. The summed E-state index contributed by atoms with van der Waals surface area (Å²) in [6.45, 7) is 3.26. The first-order chi connectivity index (χ1) is 14.8. The molecule has 1 N–H and O–H groups in total. The summed E-state index contributed by atoms with van der Waals surface area (Å²) in [6.07, 6.45) is 0. The normalized spacial score (nSPS) is 18.4. The number of para-hydroxylation sites is 1. The second kappa shape index (κ2) is 7.78. The first-order valence-corrected chi connectivity index (χ1v) is 9.48. The van der Waals surface area contributed by atoms with Crippen LogP contribution >= 0.6 is 0 Å². The predicted octanol–water partition coefficient (Wildman–Crippen LogP) is 3.38. The number of urea groups is 1. The SMILES string of the molecule is CCOc1ccccc1-c1noc(CN2C(=O)NC(C)(c3cc(F)ccc3F)C2=O)n1. The average Bonchev–Trinajstić information content (AvgIpc) is 3.29. The first kappa shape index (κ1) is 20.5. The lowest BCUT2D eigenvalue weighted by Crippen LogP contribution is -2.41. The van der Waals surface area contributed by atoms with Gasteiger partial charge in [0.25, 0.3) is 5.91 Å². The maximum Gasteiger partial charge on any atom is 0.325 e. The highest BCUT2D eigenvalue weighted by Crippen LogP contribution is 2.32. The lowest BCUT2D eigenvalue weighted by molar-refractivity contribution is -0.131. The van der Waals surface area contributed by atoms with E-state index in [1.54, 1.807) is 24.3 Å². The Kier molecular flexibility index (Phi) is 5.14. The highest BCUT2D eigenvalue weighted by molar-refractivity contribution is 6.07. The van der Waals surface area contributed by atoms with Crippen molar-refractivity contribution in [3.8, 4) is 17.1 Å². The quantitative estimate of drug-likeness (QED) is 0.605. The van der Waals surface area contributed by atoms with Gasteiger partial charge in [-0.1, -0.05) is 17.3 Å². The fourth-order valence-electron chi connectivity index (χ4n) is 3.40. The predicted molar refractivity (Wildman–Crippen MR) is 104 cm³/mol. The van der Waals surface area contributed by atoms with Gasteiger partial charge in [0.1, 0.15) is 29.5 Å². The molecule has 0 spiro atoms. The number of hydrogen-bond donors (Lipinski definition) is 1. The van der Waals surface area contributed by atoms with Gasteiger partial charge in [0.05, 0.1) is 12.2 Å². The molecule has 31 heavy (non-hydrogen) atoms. The summed E-state index contributed by atoms with van der Waals surface area (Å²) in [6, 6.07) is 9.01. The minimum Gasteiger partial charge on any atom is -0.493 e. The number of nitrogens with one attached hydrogen (secondary N) is 1. The average molecular weight is 428 g/mol. The summed E-state index contributed by atoms with van der Waals surface area (Å²) in [5, 5.41) is 6.32. The van der Waals surface area contributed by atoms with Crippen LogP contribution in [0, 0.1) is 11.6 Å². The molecule has 1 aliphatic rings. The molecule has 1 atom stereocenters. The molecular formula is C21H18F2N4O4. The van der Waals surface area contributed by atoms with E-state index < -0.39 is 29.1 Å². The number of aromatic nitrogens is 2. The van der Waals surface area contributed by atoms with E-state index in [-0.39, 0.29) is 23.8 Å². The number of amides is 3. The van der Waals surface area contributed by atoms with Crippen LogP contribution < -0.4 is 10.1 Å². The lowest BCUT2D eigenvalue weighted by atomic mass is 9.91. The van der Waals surface area contributed by atoms with Gasteiger partial charge < -0.3 is 14.6 Å². The number of carbonyl (C=O) groups is 2. The molecule has 1 saturated heterocycles. The molecule has 3 amide bonds. The van der Waals surface area contributed by atoms with Crippen LogP contribution in [0.5, 0.6) is 5.75 Å². The number of carbonyl (C=O) groups excluding carboxylic acids is 2. The van der Waals surface area contributed by atoms with Crippen LogP contribution in [0.1, 0.15) is 25.3 Å². The molecule has 0 saturated carbocycles. The number of ether oxygens (including phenoxy) is 1. The van der Waals surface area contributed by atoms with Gasteiger partial charge in [-0.2, -0.15) is 4.98 Å². The second-order valence-electron chi connectivity index (χ2n) is 7.01. The Hall–Kier alpha value is -3.82. The van der Waals surface area contributed by atoms with Crippen molar-refractivity contribution < 1.29 is 27.6 Å². The highest BCUT2D eigenvalue weighted by atomic mass is 19.1. The summed E-state index contributed by atoms with van der Waals surface area (Å²) in [5.41, 5.74) is -1.46. The van der Waals surface area contributed by atoms with E-state index >= 15 is 0 Å². The number of imide groups is 1. The summed E-state index contributed by atoms with van der Waals surface area (Å²) in [4.78, 5) is 30.5. The van der Waals surface area contributed by atoms with Crippen molar-refractivity contribution in [2.45, 2.75) is 25.9 Å². The molecule has 1 unspecified atom stereocenters. The van der Waals surface area contributed by atoms with Crippen LogP contribution in [0.2, 0.25) is 0 Å². The van der Waals surface area contributed by atoms with Crippen molar-refractivity contribution in [3.63, 3.8) is 0 Å². The van der Waals surface area contributed by atoms with E-state index in [0.717, 1.165) is 23.1 Å². The van der Waals surface area contributed by atoms with Gasteiger partial charge in [0.2, 0.25) is 11.7 Å². The summed E-state index contributed by atoms with van der Waals surface area (Å²) in [7, 11) is 0. The van der Waals surface area contributed by atoms with Crippen molar-refractivity contribution in [1.82, 2.24) is 20.4 Å². The Morgan fingerprint density at radius 3 is 2.74 bits per heavy atom. The summed E-state index contributed by atoms with van der Waals surface area (Å²) < 4.78 is 38.7. The third kappa shape index (κ3) is 3.60. The largest absolute Gasteiger partial charge is 0.493 e. The topological polar surface area (TPSA) is 97.6 Å². The highest BCUT2D eigenvalue weighted by Gasteiger charge is 2.50. The summed E-state index contributed by atoms with van der Waals surface area (Å²) in [5.74, 6) is -1.53. The van der Waals surface area contributed by atoms with E-state index in [4.69, 9.17) is 9.26 Å². The molecule has 2 heterocycles. The van der Waals surface area contributed by atoms with E-state index in [1.165, 1.54) is 6.92 Å². The maximum atomic E-state index is 14.3. The van der Waals surface area contributed by atoms with E-state index in [0.29, 0.717) is 17.9 Å². The molecule has 2 aromatic carbocycles. The Balaban J connectivity index is 1.59. The molecule has 4 rings (SSSR count). The molecule has 0 aliphatic carbocycles. The molecule has 160 valence electrons. The van der Waals surface area contributed by atoms with Crippen molar-refractivity contribution >= 4 is 11.9 Å². The van der Waals surface area contributed by atoms with Crippen molar-refractivity contribution in [1.29, 1.82) is 0 Å². The van der Waals surface area contributed by atoms with Gasteiger partial charge >= 0.3 is 6.03 Å². The number of rotatable bonds is 6. The standard InChI is InChI=1S/C21H18F2N4O4/c1-3-30-16-7-5-4-6-13(16)18-24-17(31-26-18)11-27-19(28)21(2,25-20(27)29)14-10-12(22)8-9-15(14)23/h4-10H,3,11H2,1-2H3,(H,25,29). The molecule has 1 aliphatic heterocycles. The molecule has 10 heteroatoms. The fraction of sp³-hybridized carbons (Fsp3) is 0.238. The third-order valence-corrected chi connectivity index (χ3v) is 4.93. The number of hydrogen-bond acceptors (Lipinski definition) is 6. The van der Waals surface area contributed by atoms with Crippen LogP contribution in [-0.2, 0) is 16.9 Å². The Bertz CT molecular complexity index is 1170. The third-order valence-electron chi connectivity index (χ3n) is 4.93. The van der Waals surface area contributed by atoms with Crippen LogP contribution in [0.15, 0.2) is 47.0 Å². The van der Waals surface area contributed by atoms with Gasteiger partial charge in [-0.25, -0.2) is 13.6 Å². The van der Waals surface area contributed by atoms with Gasteiger partial charge in [0.15, 0.2) is 0 Å². The van der Waals surface area contributed by atoms with Gasteiger partial charge in [-0.05, 0) is 44.2 Å². The van der Waals surface area contributed by atoms with E-state index in [2.05, 4.69) is 15.5 Å². The van der Waals surface area contributed by atoms with Gasteiger partial charge in [-0.15, -0.1) is 0 Å². The molecule has 1 aromatic heterocycles. The fourth-order valence-corrected chi connectivity index (χ4v) is 3.40. The minimum absolute atomic E-state index is 0.00577. The first-order valence-electron chi connectivity index (χ1n) is 9.48. The molecule has 3 aromatic rings. The van der Waals surface area contributed by atoms with Crippen LogP contribution in [-0.4, -0.2) is 33.6 Å². The van der Waals surface area contributed by atoms with Crippen molar-refractivity contribution in [2.24, 2.45) is 0 Å². The Morgan fingerprint density at radius 2 is 1.97 bits per heavy atom. The van der Waals surface area contributed by atoms with E-state index in [9.17, 15) is 18.4 Å². The zero-order chi connectivity index (χ0) is 22.2. The smallest absolute Gasteiger partial charge is 0.325 e. The zero-order valence-corrected chi connectivity index (χ0v) is 16.7. The Morgan fingerprint density at radius 1 is 1.19 bits per heavy atom. The number of nitrogens with zero attached hydrogens (tertiary/aromatic N) is 3. The molecule has 1 fully saturated rings. The monoisotopic (exact) mass is 428 g/mol. The van der Waals surface area contributed by atoms with Crippen molar-refractivity contribution in [2.75, 3.05) is 6.61 Å². The molecule has 0 bridgehead atoms. The Labute approximate surface area is 175 Å². The van der Waals surface area contributed by atoms with E-state index in [1.807, 2.05) is 6.92 Å². The van der Waals surface area contributed by atoms with Crippen LogP contribution in [0.3, 0.4) is 0 Å². The van der Waals surface area contributed by atoms with Gasteiger partial charge in [-0.3, -0.25) is 9.69 Å².